The van der Waals surface area contributed by atoms with Crippen molar-refractivity contribution in [2.75, 3.05) is 12.3 Å². The van der Waals surface area contributed by atoms with Gasteiger partial charge in [-0.2, -0.15) is 0 Å². The van der Waals surface area contributed by atoms with E-state index in [1.165, 1.54) is 0 Å². The molecule has 23 heavy (non-hydrogen) atoms. The third kappa shape index (κ3) is 2.44. The summed E-state index contributed by atoms with van der Waals surface area (Å²) in [5, 5.41) is 2.85. The summed E-state index contributed by atoms with van der Waals surface area (Å²) < 4.78 is 0. The Labute approximate surface area is 132 Å². The highest BCUT2D eigenvalue weighted by Crippen LogP contribution is 2.27. The lowest BCUT2D eigenvalue weighted by molar-refractivity contribution is 0.0946. The highest BCUT2D eigenvalue weighted by atomic mass is 16.1. The van der Waals surface area contributed by atoms with Crippen LogP contribution in [0.25, 0.3) is 22.5 Å². The molecule has 0 bridgehead atoms. The largest absolute Gasteiger partial charge is 0.384 e. The number of nitrogens with zero attached hydrogens (tertiary/aromatic N) is 2. The second-order valence-electron chi connectivity index (χ2n) is 5.48. The standard InChI is InChI=1S/C17H15N5O/c18-16-2-1-11(9-21-16)14-7-10(3-5-19-14)15-8-12-13(22-15)4-6-20-17(12)23/h1-3,5,7-9,22H,4,6H2,(H2,18,21)(H,20,23). The molecule has 0 unspecified atom stereocenters. The Hall–Kier alpha value is -3.15. The van der Waals surface area contributed by atoms with E-state index in [2.05, 4.69) is 20.3 Å². The van der Waals surface area contributed by atoms with Crippen LogP contribution in [0, 0.1) is 0 Å². The number of rotatable bonds is 2. The molecule has 4 N–H and O–H groups in total. The SMILES string of the molecule is Nc1ccc(-c2cc(-c3cc4c([nH]3)CCNC4=O)ccn2)cn1. The van der Waals surface area contributed by atoms with Crippen molar-refractivity contribution in [3.8, 4) is 22.5 Å². The van der Waals surface area contributed by atoms with E-state index in [-0.39, 0.29) is 5.91 Å². The van der Waals surface area contributed by atoms with Gasteiger partial charge in [-0.05, 0) is 30.3 Å². The van der Waals surface area contributed by atoms with Crippen LogP contribution in [-0.2, 0) is 6.42 Å². The maximum atomic E-state index is 11.9. The van der Waals surface area contributed by atoms with E-state index in [0.29, 0.717) is 12.4 Å². The molecule has 0 fully saturated rings. The third-order valence-corrected chi connectivity index (χ3v) is 3.96. The Bertz CT molecular complexity index is 882. The number of carbonyl (C=O) groups is 1. The molecule has 114 valence electrons. The highest BCUT2D eigenvalue weighted by molar-refractivity contribution is 5.97. The van der Waals surface area contributed by atoms with Gasteiger partial charge >= 0.3 is 0 Å². The van der Waals surface area contributed by atoms with Gasteiger partial charge in [-0.1, -0.05) is 0 Å². The number of carbonyl (C=O) groups excluding carboxylic acids is 1. The van der Waals surface area contributed by atoms with E-state index in [0.717, 1.165) is 40.2 Å². The van der Waals surface area contributed by atoms with Crippen molar-refractivity contribution in [2.45, 2.75) is 6.42 Å². The van der Waals surface area contributed by atoms with Crippen molar-refractivity contribution >= 4 is 11.7 Å². The van der Waals surface area contributed by atoms with Crippen LogP contribution in [0.2, 0.25) is 0 Å². The summed E-state index contributed by atoms with van der Waals surface area (Å²) in [6.07, 6.45) is 4.27. The molecule has 0 saturated carbocycles. The van der Waals surface area contributed by atoms with Gasteiger partial charge < -0.3 is 16.0 Å². The van der Waals surface area contributed by atoms with Crippen LogP contribution in [0.4, 0.5) is 5.82 Å². The van der Waals surface area contributed by atoms with Crippen LogP contribution < -0.4 is 11.1 Å². The average molecular weight is 305 g/mol. The lowest BCUT2D eigenvalue weighted by Crippen LogP contribution is -2.31. The maximum absolute atomic E-state index is 11.9. The van der Waals surface area contributed by atoms with Crippen molar-refractivity contribution in [1.82, 2.24) is 20.3 Å². The molecule has 1 amide bonds. The number of hydrogen-bond donors (Lipinski definition) is 3. The molecule has 0 saturated heterocycles. The average Bonchev–Trinajstić information content (AvgIpc) is 3.01. The molecule has 0 spiro atoms. The second kappa shape index (κ2) is 5.24. The first-order valence-corrected chi connectivity index (χ1v) is 7.39. The normalized spacial score (nSPS) is 13.5. The molecule has 0 atom stereocenters. The second-order valence-corrected chi connectivity index (χ2v) is 5.48. The molecular formula is C17H15N5O. The minimum absolute atomic E-state index is 0.0224. The molecule has 3 aromatic rings. The van der Waals surface area contributed by atoms with Crippen molar-refractivity contribution < 1.29 is 4.79 Å². The minimum Gasteiger partial charge on any atom is -0.384 e. The molecule has 3 aromatic heterocycles. The number of nitrogen functional groups attached to an aromatic ring is 1. The summed E-state index contributed by atoms with van der Waals surface area (Å²) in [5.74, 6) is 0.457. The Kier molecular flexibility index (Phi) is 3.08. The van der Waals surface area contributed by atoms with Gasteiger partial charge in [-0.25, -0.2) is 4.98 Å². The van der Waals surface area contributed by atoms with E-state index in [1.807, 2.05) is 24.3 Å². The van der Waals surface area contributed by atoms with Crippen LogP contribution >= 0.6 is 0 Å². The van der Waals surface area contributed by atoms with Crippen molar-refractivity contribution in [3.63, 3.8) is 0 Å². The topological polar surface area (TPSA) is 96.7 Å². The van der Waals surface area contributed by atoms with Crippen LogP contribution in [-0.4, -0.2) is 27.4 Å². The first-order valence-electron chi connectivity index (χ1n) is 7.39. The first-order chi connectivity index (χ1) is 11.2. The molecular weight excluding hydrogens is 290 g/mol. The third-order valence-electron chi connectivity index (χ3n) is 3.96. The van der Waals surface area contributed by atoms with E-state index < -0.39 is 0 Å². The lowest BCUT2D eigenvalue weighted by Gasteiger charge is -2.10. The van der Waals surface area contributed by atoms with Gasteiger partial charge in [0.2, 0.25) is 0 Å². The smallest absolute Gasteiger partial charge is 0.253 e. The van der Waals surface area contributed by atoms with Gasteiger partial charge in [0.1, 0.15) is 5.82 Å². The van der Waals surface area contributed by atoms with Gasteiger partial charge in [0.15, 0.2) is 0 Å². The number of H-pyrrole nitrogens is 1. The molecule has 0 aromatic carbocycles. The molecule has 6 heteroatoms. The first kappa shape index (κ1) is 13.5. The van der Waals surface area contributed by atoms with E-state index in [1.54, 1.807) is 18.5 Å². The predicted octanol–water partition coefficient (Wildman–Crippen LogP) is 2.01. The number of hydrogen-bond acceptors (Lipinski definition) is 4. The van der Waals surface area contributed by atoms with E-state index in [9.17, 15) is 4.79 Å². The quantitative estimate of drug-likeness (QED) is 0.674. The number of aromatic amines is 1. The molecule has 6 nitrogen and oxygen atoms in total. The molecule has 1 aliphatic heterocycles. The Morgan fingerprint density at radius 1 is 1.09 bits per heavy atom. The fraction of sp³-hybridized carbons (Fsp3) is 0.118. The molecule has 4 heterocycles. The fourth-order valence-corrected chi connectivity index (χ4v) is 2.76. The number of nitrogens with two attached hydrogens (primary N) is 1. The monoisotopic (exact) mass is 305 g/mol. The zero-order valence-corrected chi connectivity index (χ0v) is 12.3. The molecule has 0 radical (unpaired) electrons. The van der Waals surface area contributed by atoms with Crippen LogP contribution in [0.5, 0.6) is 0 Å². The Morgan fingerprint density at radius 2 is 2.00 bits per heavy atom. The van der Waals surface area contributed by atoms with Gasteiger partial charge in [0.05, 0.1) is 11.3 Å². The van der Waals surface area contributed by atoms with Crippen LogP contribution in [0.3, 0.4) is 0 Å². The van der Waals surface area contributed by atoms with Gasteiger partial charge in [-0.3, -0.25) is 9.78 Å². The highest BCUT2D eigenvalue weighted by Gasteiger charge is 2.20. The minimum atomic E-state index is -0.0224. The summed E-state index contributed by atoms with van der Waals surface area (Å²) in [4.78, 5) is 23.7. The number of fused-ring (bicyclic) bond motifs is 1. The van der Waals surface area contributed by atoms with Crippen molar-refractivity contribution in [2.24, 2.45) is 0 Å². The number of anilines is 1. The lowest BCUT2D eigenvalue weighted by atomic mass is 10.1. The zero-order chi connectivity index (χ0) is 15.8. The Balaban J connectivity index is 1.74. The summed E-state index contributed by atoms with van der Waals surface area (Å²) in [6, 6.07) is 9.43. The molecule has 1 aliphatic rings. The summed E-state index contributed by atoms with van der Waals surface area (Å²) >= 11 is 0. The van der Waals surface area contributed by atoms with Crippen LogP contribution in [0.1, 0.15) is 16.1 Å². The predicted molar refractivity (Wildman–Crippen MR) is 87.7 cm³/mol. The van der Waals surface area contributed by atoms with Gasteiger partial charge in [-0.15, -0.1) is 0 Å². The number of nitrogens with one attached hydrogen (secondary N) is 2. The zero-order valence-electron chi connectivity index (χ0n) is 12.3. The number of pyridine rings is 2. The number of amides is 1. The molecule has 4 rings (SSSR count). The number of aromatic nitrogens is 3. The fourth-order valence-electron chi connectivity index (χ4n) is 2.76. The van der Waals surface area contributed by atoms with Gasteiger partial charge in [0.25, 0.3) is 5.91 Å². The van der Waals surface area contributed by atoms with E-state index >= 15 is 0 Å². The van der Waals surface area contributed by atoms with E-state index in [4.69, 9.17) is 5.73 Å². The Morgan fingerprint density at radius 3 is 2.78 bits per heavy atom. The summed E-state index contributed by atoms with van der Waals surface area (Å²) in [5.41, 5.74) is 10.9. The van der Waals surface area contributed by atoms with Crippen molar-refractivity contribution in [1.29, 1.82) is 0 Å². The van der Waals surface area contributed by atoms with Crippen molar-refractivity contribution in [3.05, 3.63) is 54.0 Å². The van der Waals surface area contributed by atoms with Crippen LogP contribution in [0.15, 0.2) is 42.7 Å². The maximum Gasteiger partial charge on any atom is 0.253 e. The summed E-state index contributed by atoms with van der Waals surface area (Å²) in [6.45, 7) is 0.671. The molecule has 0 aliphatic carbocycles. The van der Waals surface area contributed by atoms with Gasteiger partial charge in [0, 0.05) is 47.9 Å². The summed E-state index contributed by atoms with van der Waals surface area (Å²) in [7, 11) is 0.